The molecule has 0 saturated heterocycles. The van der Waals surface area contributed by atoms with Crippen molar-refractivity contribution in [3.05, 3.63) is 0 Å². The molecule has 0 aromatic heterocycles. The second-order valence-electron chi connectivity index (χ2n) is 2.07. The Hall–Kier alpha value is 2.17. The molecule has 0 atom stereocenters. The fraction of sp³-hybridized carbons (Fsp3) is 0. The SMILES string of the molecule is [SiH3][SiH2][SiH2][SiH2][SiH2][Si](Cl)(Cl)Cl. The van der Waals surface area contributed by atoms with Gasteiger partial charge in [-0.1, -0.05) is 0 Å². The molecule has 0 radical (unpaired) electrons. The summed E-state index contributed by atoms with van der Waals surface area (Å²) in [4.78, 5) is 0. The number of rotatable bonds is 4. The number of halogens is 3. The van der Waals surface area contributed by atoms with Crippen molar-refractivity contribution in [3.63, 3.8) is 0 Å². The van der Waals surface area contributed by atoms with Gasteiger partial charge in [-0.05, 0) is 35.4 Å². The Morgan fingerprint density at radius 2 is 1.67 bits per heavy atom. The number of hydrogen-bond donors (Lipinski definition) is 0. The summed E-state index contributed by atoms with van der Waals surface area (Å²) in [5, 5.41) is 0. The first-order valence-corrected chi connectivity index (χ1v) is 28.1. The minimum absolute atomic E-state index is 0.0686. The van der Waals surface area contributed by atoms with Crippen LogP contribution >= 0.6 is 33.2 Å². The lowest BCUT2D eigenvalue weighted by molar-refractivity contribution is 3.66. The topological polar surface area (TPSA) is 0 Å². The predicted octanol–water partition coefficient (Wildman–Crippen LogP) is -3.16. The molecule has 0 unspecified atom stereocenters. The second kappa shape index (κ2) is 5.78. The lowest BCUT2D eigenvalue weighted by Gasteiger charge is -2.03. The highest BCUT2D eigenvalue weighted by atomic mass is 35.8. The van der Waals surface area contributed by atoms with E-state index in [2.05, 4.69) is 0 Å². The molecular formula is H11Cl3Si6. The van der Waals surface area contributed by atoms with Crippen molar-refractivity contribution in [2.45, 2.75) is 0 Å². The summed E-state index contributed by atoms with van der Waals surface area (Å²) >= 11 is 17.4. The molecule has 9 heavy (non-hydrogen) atoms. The van der Waals surface area contributed by atoms with E-state index in [9.17, 15) is 0 Å². The molecule has 0 rings (SSSR count). The Morgan fingerprint density at radius 3 is 2.00 bits per heavy atom. The Bertz CT molecular complexity index is 65.2. The van der Waals surface area contributed by atoms with Crippen molar-refractivity contribution in [2.24, 2.45) is 0 Å². The lowest BCUT2D eigenvalue weighted by atomic mass is 26.3. The maximum Gasteiger partial charge on any atom is 0.314 e. The molecule has 0 spiro atoms. The third kappa shape index (κ3) is 10.2. The molecule has 0 aromatic rings. The Labute approximate surface area is 82.2 Å². The van der Waals surface area contributed by atoms with Gasteiger partial charge in [0, 0.05) is 0 Å². The van der Waals surface area contributed by atoms with Crippen LogP contribution in [0.25, 0.3) is 0 Å². The van der Waals surface area contributed by atoms with Gasteiger partial charge in [-0.3, -0.25) is 0 Å². The molecule has 0 amide bonds. The quantitative estimate of drug-likeness (QED) is 0.291. The summed E-state index contributed by atoms with van der Waals surface area (Å²) in [5.74, 6) is 0. The van der Waals surface area contributed by atoms with Gasteiger partial charge in [0.05, 0.1) is 8.55 Å². The average Bonchev–Trinajstić information content (AvgIpc) is 1.63. The predicted molar refractivity (Wildman–Crippen MR) is 67.4 cm³/mol. The summed E-state index contributed by atoms with van der Waals surface area (Å²) in [5.41, 5.74) is -2.00. The molecule has 0 nitrogen and oxygen atoms in total. The van der Waals surface area contributed by atoms with Gasteiger partial charge in [0.2, 0.25) is 0 Å². The van der Waals surface area contributed by atoms with Crippen molar-refractivity contribution < 1.29 is 0 Å². The average molecular weight is 286 g/mol. The molecule has 0 fully saturated rings. The van der Waals surface area contributed by atoms with Crippen LogP contribution < -0.4 is 0 Å². The van der Waals surface area contributed by atoms with Crippen LogP contribution in [0.3, 0.4) is 0 Å². The highest BCUT2D eigenvalue weighted by Gasteiger charge is 2.23. The maximum atomic E-state index is 5.78. The second-order valence-corrected chi connectivity index (χ2v) is 56.0. The minimum Gasteiger partial charge on any atom is -0.131 e. The molecule has 9 heteroatoms. The van der Waals surface area contributed by atoms with Crippen molar-refractivity contribution in [3.8, 4) is 0 Å². The Morgan fingerprint density at radius 1 is 1.11 bits per heavy atom. The van der Waals surface area contributed by atoms with Crippen molar-refractivity contribution in [1.29, 1.82) is 0 Å². The highest BCUT2D eigenvalue weighted by molar-refractivity contribution is 7.90. The summed E-state index contributed by atoms with van der Waals surface area (Å²) in [6.45, 7) is 0. The highest BCUT2D eigenvalue weighted by Crippen LogP contribution is 2.16. The third-order valence-electron chi connectivity index (χ3n) is 1.06. The van der Waals surface area contributed by atoms with Crippen LogP contribution in [0.15, 0.2) is 0 Å². The van der Waals surface area contributed by atoms with E-state index >= 15 is 0 Å². The molecule has 0 aliphatic rings. The molecule has 0 bridgehead atoms. The molecular weight excluding hydrogens is 275 g/mol. The largest absolute Gasteiger partial charge is 0.314 e. The van der Waals surface area contributed by atoms with Crippen LogP contribution in [0.4, 0.5) is 0 Å². The van der Waals surface area contributed by atoms with Crippen molar-refractivity contribution in [2.75, 3.05) is 0 Å². The van der Waals surface area contributed by atoms with Crippen LogP contribution in [-0.2, 0) is 0 Å². The summed E-state index contributed by atoms with van der Waals surface area (Å²) in [6, 6.07) is 0. The normalized spacial score (nSPS) is 17.7. The molecule has 0 aliphatic carbocycles. The van der Waals surface area contributed by atoms with E-state index in [-0.39, 0.29) is 8.55 Å². The smallest absolute Gasteiger partial charge is 0.131 e. The molecule has 0 saturated carbocycles. The van der Waals surface area contributed by atoms with E-state index in [4.69, 9.17) is 33.2 Å². The van der Waals surface area contributed by atoms with Crippen LogP contribution in [0.1, 0.15) is 0 Å². The van der Waals surface area contributed by atoms with Crippen LogP contribution in [0.2, 0.25) is 0 Å². The van der Waals surface area contributed by atoms with Gasteiger partial charge in [-0.2, -0.15) is 0 Å². The van der Waals surface area contributed by atoms with Gasteiger partial charge in [0.1, 0.15) is 0 Å². The molecule has 0 aromatic carbocycles. The van der Waals surface area contributed by atoms with E-state index in [1.807, 2.05) is 0 Å². The van der Waals surface area contributed by atoms with E-state index < -0.39 is 5.52 Å². The van der Waals surface area contributed by atoms with E-state index in [0.29, 0.717) is 25.7 Å². The fourth-order valence-corrected chi connectivity index (χ4v) is 140. The van der Waals surface area contributed by atoms with Gasteiger partial charge < -0.3 is 0 Å². The van der Waals surface area contributed by atoms with Crippen molar-refractivity contribution >= 4 is 82.7 Å². The van der Waals surface area contributed by atoms with Gasteiger partial charge in [0.15, 0.2) is 0 Å². The van der Waals surface area contributed by atoms with E-state index in [1.165, 1.54) is 9.76 Å². The Balaban J connectivity index is 3.07. The summed E-state index contributed by atoms with van der Waals surface area (Å²) in [6.07, 6.45) is 0. The van der Waals surface area contributed by atoms with Crippen LogP contribution in [-0.4, -0.2) is 49.5 Å². The molecule has 0 heterocycles. The first-order valence-electron chi connectivity index (χ1n) is 3.13. The fourth-order valence-electron chi connectivity index (χ4n) is 0.575. The summed E-state index contributed by atoms with van der Waals surface area (Å²) in [7, 11) is 2.90. The van der Waals surface area contributed by atoms with Gasteiger partial charge >= 0.3 is 5.52 Å². The molecule has 56 valence electrons. The molecule has 0 aliphatic heterocycles. The monoisotopic (exact) mass is 284 g/mol. The van der Waals surface area contributed by atoms with Gasteiger partial charge in [-0.25, -0.2) is 0 Å². The zero-order valence-corrected chi connectivity index (χ0v) is 16.4. The van der Waals surface area contributed by atoms with E-state index in [0.717, 1.165) is 0 Å². The van der Waals surface area contributed by atoms with Gasteiger partial charge in [0.25, 0.3) is 0 Å². The van der Waals surface area contributed by atoms with E-state index in [1.54, 1.807) is 0 Å². The lowest BCUT2D eigenvalue weighted by Crippen LogP contribution is -2.32. The first-order chi connectivity index (χ1) is 4.06. The third-order valence-corrected chi connectivity index (χ3v) is 86.2. The maximum absolute atomic E-state index is 5.78. The van der Waals surface area contributed by atoms with Gasteiger partial charge in [-0.15, -0.1) is 33.2 Å². The minimum atomic E-state index is -2.00. The zero-order valence-electron chi connectivity index (χ0n) is 5.46. The molecule has 0 N–H and O–H groups in total. The van der Waals surface area contributed by atoms with Crippen LogP contribution in [0, 0.1) is 0 Å². The van der Waals surface area contributed by atoms with Crippen LogP contribution in [0.5, 0.6) is 0 Å². The standard InChI is InChI=1S/Cl3H11Si6/c1-9(2,3)8-7-6-5-4/h5-8H2,4H3. The number of hydrogen-bond acceptors (Lipinski definition) is 0. The summed E-state index contributed by atoms with van der Waals surface area (Å²) < 4.78 is 0. The van der Waals surface area contributed by atoms with Crippen molar-refractivity contribution in [1.82, 2.24) is 0 Å². The Kier molecular flexibility index (Phi) is 7.17. The first kappa shape index (κ1) is 11.2. The zero-order chi connectivity index (χ0) is 7.33.